The fourth-order valence-corrected chi connectivity index (χ4v) is 2.47. The van der Waals surface area contributed by atoms with Crippen molar-refractivity contribution in [2.45, 2.75) is 12.8 Å². The third kappa shape index (κ3) is 1.97. The Hall–Kier alpha value is -1.68. The fraction of sp³-hybridized carbons (Fsp3) is 0.167. The van der Waals surface area contributed by atoms with E-state index in [9.17, 15) is 4.79 Å². The Morgan fingerprint density at radius 3 is 2.88 bits per heavy atom. The van der Waals surface area contributed by atoms with Crippen LogP contribution in [0.4, 0.5) is 0 Å². The first-order valence-corrected chi connectivity index (χ1v) is 5.86. The highest BCUT2D eigenvalue weighted by Crippen LogP contribution is 2.28. The summed E-state index contributed by atoms with van der Waals surface area (Å²) in [5.41, 5.74) is 6.56. The Morgan fingerprint density at radius 1 is 1.44 bits per heavy atom. The lowest BCUT2D eigenvalue weighted by Gasteiger charge is -2.12. The quantitative estimate of drug-likeness (QED) is 0.883. The molecular weight excluding hydrogens is 220 g/mol. The highest BCUT2D eigenvalue weighted by molar-refractivity contribution is 7.10. The number of thiophene rings is 1. The number of aromatic nitrogens is 1. The maximum atomic E-state index is 11.3. The average Bonchev–Trinajstić information content (AvgIpc) is 2.81. The van der Waals surface area contributed by atoms with Crippen LogP contribution in [-0.4, -0.2) is 10.9 Å². The summed E-state index contributed by atoms with van der Waals surface area (Å²) in [6.45, 7) is 2.05. The van der Waals surface area contributed by atoms with Gasteiger partial charge >= 0.3 is 0 Å². The van der Waals surface area contributed by atoms with E-state index in [1.807, 2.05) is 29.6 Å². The number of carbonyl (C=O) groups excluding carboxylic acids is 1. The molecule has 1 atom stereocenters. The number of hydrogen-bond donors (Lipinski definition) is 1. The van der Waals surface area contributed by atoms with Crippen LogP contribution in [0.2, 0.25) is 0 Å². The molecule has 0 aliphatic carbocycles. The molecule has 2 N–H and O–H groups in total. The predicted octanol–water partition coefficient (Wildman–Crippen LogP) is 2.39. The monoisotopic (exact) mass is 232 g/mol. The SMILES string of the molecule is CC(c1cccs1)c1cccnc1C(N)=O. The average molecular weight is 232 g/mol. The molecule has 0 saturated carbocycles. The molecule has 0 aliphatic heterocycles. The lowest BCUT2D eigenvalue weighted by molar-refractivity contribution is 0.0994. The van der Waals surface area contributed by atoms with Crippen molar-refractivity contribution in [3.8, 4) is 0 Å². The van der Waals surface area contributed by atoms with Gasteiger partial charge in [0.2, 0.25) is 0 Å². The van der Waals surface area contributed by atoms with E-state index in [0.717, 1.165) is 5.56 Å². The lowest BCUT2D eigenvalue weighted by Crippen LogP contribution is -2.16. The zero-order valence-electron chi connectivity index (χ0n) is 8.88. The first-order valence-electron chi connectivity index (χ1n) is 4.98. The molecule has 1 amide bonds. The highest BCUT2D eigenvalue weighted by atomic mass is 32.1. The van der Waals surface area contributed by atoms with E-state index in [-0.39, 0.29) is 5.92 Å². The molecule has 0 saturated heterocycles. The van der Waals surface area contributed by atoms with Crippen LogP contribution in [0.15, 0.2) is 35.8 Å². The number of rotatable bonds is 3. The smallest absolute Gasteiger partial charge is 0.267 e. The van der Waals surface area contributed by atoms with E-state index in [2.05, 4.69) is 11.9 Å². The normalized spacial score (nSPS) is 12.3. The molecule has 16 heavy (non-hydrogen) atoms. The summed E-state index contributed by atoms with van der Waals surface area (Å²) in [5, 5.41) is 2.02. The van der Waals surface area contributed by atoms with E-state index >= 15 is 0 Å². The molecule has 0 radical (unpaired) electrons. The van der Waals surface area contributed by atoms with Gasteiger partial charge in [-0.05, 0) is 23.1 Å². The lowest BCUT2D eigenvalue weighted by atomic mass is 9.98. The first kappa shape index (κ1) is 10.8. The number of amides is 1. The molecule has 2 rings (SSSR count). The summed E-state index contributed by atoms with van der Waals surface area (Å²) in [5.74, 6) is -0.324. The van der Waals surface area contributed by atoms with E-state index in [0.29, 0.717) is 5.69 Å². The molecule has 2 aromatic heterocycles. The van der Waals surface area contributed by atoms with Gasteiger partial charge in [-0.25, -0.2) is 0 Å². The second-order valence-electron chi connectivity index (χ2n) is 3.54. The van der Waals surface area contributed by atoms with Crippen molar-refractivity contribution in [1.29, 1.82) is 0 Å². The van der Waals surface area contributed by atoms with E-state index in [4.69, 9.17) is 5.73 Å². The first-order chi connectivity index (χ1) is 7.70. The van der Waals surface area contributed by atoms with Gasteiger partial charge in [0, 0.05) is 17.0 Å². The van der Waals surface area contributed by atoms with E-state index < -0.39 is 5.91 Å². The molecule has 0 fully saturated rings. The van der Waals surface area contributed by atoms with Gasteiger partial charge in [0.15, 0.2) is 0 Å². The van der Waals surface area contributed by atoms with Crippen LogP contribution < -0.4 is 5.73 Å². The molecule has 82 valence electrons. The molecule has 1 unspecified atom stereocenters. The van der Waals surface area contributed by atoms with Crippen molar-refractivity contribution in [3.63, 3.8) is 0 Å². The zero-order valence-corrected chi connectivity index (χ0v) is 9.70. The van der Waals surface area contributed by atoms with Gasteiger partial charge in [0.1, 0.15) is 5.69 Å². The Labute approximate surface area is 97.9 Å². The predicted molar refractivity (Wildman–Crippen MR) is 64.6 cm³/mol. The van der Waals surface area contributed by atoms with Crippen LogP contribution >= 0.6 is 11.3 Å². The van der Waals surface area contributed by atoms with Gasteiger partial charge in [-0.1, -0.05) is 19.1 Å². The van der Waals surface area contributed by atoms with Gasteiger partial charge < -0.3 is 5.73 Å². The van der Waals surface area contributed by atoms with Crippen LogP contribution in [0.3, 0.4) is 0 Å². The van der Waals surface area contributed by atoms with Crippen molar-refractivity contribution < 1.29 is 4.79 Å². The van der Waals surface area contributed by atoms with Crippen molar-refractivity contribution in [2.75, 3.05) is 0 Å². The standard InChI is InChI=1S/C12H12N2OS/c1-8(10-5-3-7-16-10)9-4-2-6-14-11(9)12(13)15/h2-8H,1H3,(H2,13,15). The maximum absolute atomic E-state index is 11.3. The number of pyridine rings is 1. The van der Waals surface area contributed by atoms with Gasteiger partial charge in [-0.15, -0.1) is 11.3 Å². The molecule has 2 aromatic rings. The summed E-state index contributed by atoms with van der Waals surface area (Å²) in [7, 11) is 0. The van der Waals surface area contributed by atoms with Gasteiger partial charge in [0.25, 0.3) is 5.91 Å². The molecule has 0 spiro atoms. The van der Waals surface area contributed by atoms with E-state index in [1.165, 1.54) is 4.88 Å². The minimum Gasteiger partial charge on any atom is -0.364 e. The minimum atomic E-state index is -0.473. The molecule has 0 aliphatic rings. The number of hydrogen-bond acceptors (Lipinski definition) is 3. The van der Waals surface area contributed by atoms with Gasteiger partial charge in [-0.2, -0.15) is 0 Å². The second kappa shape index (κ2) is 4.45. The number of nitrogens with zero attached hydrogens (tertiary/aromatic N) is 1. The summed E-state index contributed by atoms with van der Waals surface area (Å²) in [6, 6.07) is 7.77. The van der Waals surface area contributed by atoms with Crippen LogP contribution in [0, 0.1) is 0 Å². The molecule has 3 nitrogen and oxygen atoms in total. The van der Waals surface area contributed by atoms with Gasteiger partial charge in [-0.3, -0.25) is 9.78 Å². The largest absolute Gasteiger partial charge is 0.364 e. The minimum absolute atomic E-state index is 0.149. The van der Waals surface area contributed by atoms with Crippen LogP contribution in [0.25, 0.3) is 0 Å². The summed E-state index contributed by atoms with van der Waals surface area (Å²) in [6.07, 6.45) is 1.59. The van der Waals surface area contributed by atoms with Gasteiger partial charge in [0.05, 0.1) is 0 Å². The number of primary amides is 1. The third-order valence-electron chi connectivity index (χ3n) is 2.51. The highest BCUT2D eigenvalue weighted by Gasteiger charge is 2.16. The number of nitrogens with two attached hydrogens (primary N) is 1. The molecule has 0 bridgehead atoms. The second-order valence-corrected chi connectivity index (χ2v) is 4.52. The van der Waals surface area contributed by atoms with Crippen molar-refractivity contribution in [1.82, 2.24) is 4.98 Å². The van der Waals surface area contributed by atoms with Crippen molar-refractivity contribution in [2.24, 2.45) is 5.73 Å². The summed E-state index contributed by atoms with van der Waals surface area (Å²) in [4.78, 5) is 16.5. The Bertz CT molecular complexity index is 493. The Kier molecular flexibility index (Phi) is 3.01. The molecule has 2 heterocycles. The number of carbonyl (C=O) groups is 1. The molecule has 4 heteroatoms. The van der Waals surface area contributed by atoms with Crippen molar-refractivity contribution in [3.05, 3.63) is 52.0 Å². The van der Waals surface area contributed by atoms with Crippen LogP contribution in [0.5, 0.6) is 0 Å². The summed E-state index contributed by atoms with van der Waals surface area (Å²) >= 11 is 1.67. The topological polar surface area (TPSA) is 56.0 Å². The van der Waals surface area contributed by atoms with Crippen LogP contribution in [-0.2, 0) is 0 Å². The maximum Gasteiger partial charge on any atom is 0.267 e. The fourth-order valence-electron chi connectivity index (χ4n) is 1.66. The molecule has 0 aromatic carbocycles. The van der Waals surface area contributed by atoms with Crippen molar-refractivity contribution >= 4 is 17.2 Å². The van der Waals surface area contributed by atoms with Crippen LogP contribution in [0.1, 0.15) is 33.8 Å². The Balaban J connectivity index is 2.44. The third-order valence-corrected chi connectivity index (χ3v) is 3.56. The zero-order chi connectivity index (χ0) is 11.5. The Morgan fingerprint density at radius 2 is 2.25 bits per heavy atom. The van der Waals surface area contributed by atoms with E-state index in [1.54, 1.807) is 17.5 Å². The summed E-state index contributed by atoms with van der Waals surface area (Å²) < 4.78 is 0. The molecular formula is C12H12N2OS.